The number of hydrogen-bond donors (Lipinski definition) is 0. The van der Waals surface area contributed by atoms with Crippen molar-refractivity contribution in [3.8, 4) is 5.75 Å². The third-order valence-electron chi connectivity index (χ3n) is 4.60. The van der Waals surface area contributed by atoms with Gasteiger partial charge < -0.3 is 9.64 Å². The second-order valence-electron chi connectivity index (χ2n) is 6.44. The van der Waals surface area contributed by atoms with E-state index in [2.05, 4.69) is 43.0 Å². The lowest BCUT2D eigenvalue weighted by Gasteiger charge is -2.31. The molecule has 0 aliphatic carbocycles. The first-order chi connectivity index (χ1) is 10.3. The summed E-state index contributed by atoms with van der Waals surface area (Å²) in [6, 6.07) is 8.38. The molecule has 1 aliphatic rings. The van der Waals surface area contributed by atoms with Gasteiger partial charge >= 0.3 is 0 Å². The fraction of sp³-hybridized carbons (Fsp3) is 0.684. The molecule has 21 heavy (non-hydrogen) atoms. The van der Waals surface area contributed by atoms with Gasteiger partial charge in [-0.1, -0.05) is 37.5 Å². The Labute approximate surface area is 130 Å². The molecular weight excluding hydrogens is 258 g/mol. The molecule has 2 nitrogen and oxygen atoms in total. The average molecular weight is 289 g/mol. The molecule has 1 heterocycles. The minimum absolute atomic E-state index is 0.859. The van der Waals surface area contributed by atoms with Gasteiger partial charge in [-0.05, 0) is 70.3 Å². The second-order valence-corrected chi connectivity index (χ2v) is 6.44. The van der Waals surface area contributed by atoms with Crippen LogP contribution in [0.5, 0.6) is 5.75 Å². The van der Waals surface area contributed by atoms with Crippen molar-refractivity contribution in [2.75, 3.05) is 26.2 Å². The number of piperidine rings is 1. The van der Waals surface area contributed by atoms with Gasteiger partial charge in [-0.2, -0.15) is 0 Å². The van der Waals surface area contributed by atoms with Crippen molar-refractivity contribution in [2.45, 2.75) is 52.4 Å². The highest BCUT2D eigenvalue weighted by atomic mass is 16.5. The summed E-state index contributed by atoms with van der Waals surface area (Å²) in [7, 11) is 0. The molecule has 0 radical (unpaired) electrons. The number of aryl methyl sites for hydroxylation is 1. The maximum absolute atomic E-state index is 5.86. The maximum atomic E-state index is 5.86. The Morgan fingerprint density at radius 1 is 1.10 bits per heavy atom. The summed E-state index contributed by atoms with van der Waals surface area (Å²) in [4.78, 5) is 2.65. The Hall–Kier alpha value is -1.02. The molecule has 1 saturated heterocycles. The number of unbranched alkanes of at least 4 members (excludes halogenated alkanes) is 2. The molecule has 2 heteroatoms. The van der Waals surface area contributed by atoms with Crippen LogP contribution in [0.4, 0.5) is 0 Å². The number of likely N-dealkylation sites (tertiary alicyclic amines) is 1. The smallest absolute Gasteiger partial charge is 0.119 e. The van der Waals surface area contributed by atoms with E-state index in [0.717, 1.165) is 18.3 Å². The Morgan fingerprint density at radius 3 is 2.48 bits per heavy atom. The number of benzene rings is 1. The van der Waals surface area contributed by atoms with Gasteiger partial charge in [-0.25, -0.2) is 0 Å². The van der Waals surface area contributed by atoms with Crippen molar-refractivity contribution >= 4 is 0 Å². The van der Waals surface area contributed by atoms with Gasteiger partial charge in [0.05, 0.1) is 6.61 Å². The standard InChI is InChI=1S/C19H31NO/c1-3-4-5-13-20-14-10-18(11-15-20)12-16-21-19-8-6-17(2)7-9-19/h6-9,18H,3-5,10-16H2,1-2H3. The normalized spacial score (nSPS) is 17.0. The SMILES string of the molecule is CCCCCN1CCC(CCOc2ccc(C)cc2)CC1. The molecule has 0 spiro atoms. The van der Waals surface area contributed by atoms with Gasteiger partial charge in [0.15, 0.2) is 0 Å². The molecule has 1 aromatic rings. The molecule has 1 fully saturated rings. The van der Waals surface area contributed by atoms with Gasteiger partial charge in [-0.15, -0.1) is 0 Å². The van der Waals surface area contributed by atoms with Crippen LogP contribution >= 0.6 is 0 Å². The highest BCUT2D eigenvalue weighted by Gasteiger charge is 2.18. The summed E-state index contributed by atoms with van der Waals surface area (Å²) in [5.74, 6) is 1.87. The van der Waals surface area contributed by atoms with E-state index in [1.165, 1.54) is 63.7 Å². The molecule has 0 bridgehead atoms. The molecule has 1 aliphatic heterocycles. The van der Waals surface area contributed by atoms with E-state index in [9.17, 15) is 0 Å². The highest BCUT2D eigenvalue weighted by Crippen LogP contribution is 2.21. The fourth-order valence-electron chi connectivity index (χ4n) is 3.06. The molecule has 0 amide bonds. The molecule has 0 atom stereocenters. The van der Waals surface area contributed by atoms with Crippen LogP contribution in [0.1, 0.15) is 51.0 Å². The van der Waals surface area contributed by atoms with Crippen molar-refractivity contribution in [1.82, 2.24) is 4.90 Å². The first-order valence-electron chi connectivity index (χ1n) is 8.69. The zero-order chi connectivity index (χ0) is 14.9. The third-order valence-corrected chi connectivity index (χ3v) is 4.60. The second kappa shape index (κ2) is 9.09. The van der Waals surface area contributed by atoms with Gasteiger partial charge in [0, 0.05) is 0 Å². The van der Waals surface area contributed by atoms with Crippen molar-refractivity contribution in [2.24, 2.45) is 5.92 Å². The minimum atomic E-state index is 0.859. The van der Waals surface area contributed by atoms with Crippen LogP contribution in [0.3, 0.4) is 0 Å². The summed E-state index contributed by atoms with van der Waals surface area (Å²) in [5, 5.41) is 0. The predicted molar refractivity (Wildman–Crippen MR) is 90.0 cm³/mol. The van der Waals surface area contributed by atoms with Crippen LogP contribution in [0.25, 0.3) is 0 Å². The molecule has 118 valence electrons. The van der Waals surface area contributed by atoms with E-state index in [0.29, 0.717) is 0 Å². The third kappa shape index (κ3) is 6.09. The van der Waals surface area contributed by atoms with Gasteiger partial charge in [0.2, 0.25) is 0 Å². The first kappa shape index (κ1) is 16.4. The largest absolute Gasteiger partial charge is 0.494 e. The van der Waals surface area contributed by atoms with E-state index in [-0.39, 0.29) is 0 Å². The van der Waals surface area contributed by atoms with E-state index in [1.807, 2.05) is 0 Å². The van der Waals surface area contributed by atoms with Crippen LogP contribution in [0.2, 0.25) is 0 Å². The van der Waals surface area contributed by atoms with E-state index in [4.69, 9.17) is 4.74 Å². The summed E-state index contributed by atoms with van der Waals surface area (Å²) >= 11 is 0. The van der Waals surface area contributed by atoms with Crippen molar-refractivity contribution in [3.63, 3.8) is 0 Å². The highest BCUT2D eigenvalue weighted by molar-refractivity contribution is 5.26. The van der Waals surface area contributed by atoms with E-state index < -0.39 is 0 Å². The Balaban J connectivity index is 1.57. The first-order valence-corrected chi connectivity index (χ1v) is 8.69. The summed E-state index contributed by atoms with van der Waals surface area (Å²) in [6.07, 6.45) is 7.98. The number of nitrogens with zero attached hydrogens (tertiary/aromatic N) is 1. The summed E-state index contributed by atoms with van der Waals surface area (Å²) in [6.45, 7) is 9.14. The monoisotopic (exact) mass is 289 g/mol. The Morgan fingerprint density at radius 2 is 1.81 bits per heavy atom. The Kier molecular flexibility index (Phi) is 7.08. The number of hydrogen-bond acceptors (Lipinski definition) is 2. The topological polar surface area (TPSA) is 12.5 Å². The molecule has 0 unspecified atom stereocenters. The predicted octanol–water partition coefficient (Wildman–Crippen LogP) is 4.67. The minimum Gasteiger partial charge on any atom is -0.494 e. The van der Waals surface area contributed by atoms with Gasteiger partial charge in [0.1, 0.15) is 5.75 Å². The quantitative estimate of drug-likeness (QED) is 0.645. The molecular formula is C19H31NO. The average Bonchev–Trinajstić information content (AvgIpc) is 2.51. The lowest BCUT2D eigenvalue weighted by atomic mass is 9.94. The van der Waals surface area contributed by atoms with Crippen molar-refractivity contribution < 1.29 is 4.74 Å². The fourth-order valence-corrected chi connectivity index (χ4v) is 3.06. The van der Waals surface area contributed by atoms with Crippen LogP contribution in [0, 0.1) is 12.8 Å². The molecule has 1 aromatic carbocycles. The van der Waals surface area contributed by atoms with Crippen molar-refractivity contribution in [1.29, 1.82) is 0 Å². The van der Waals surface area contributed by atoms with Crippen LogP contribution in [-0.2, 0) is 0 Å². The lowest BCUT2D eigenvalue weighted by molar-refractivity contribution is 0.161. The Bertz CT molecular complexity index is 379. The van der Waals surface area contributed by atoms with Crippen LogP contribution in [0.15, 0.2) is 24.3 Å². The zero-order valence-corrected chi connectivity index (χ0v) is 13.8. The summed E-state index contributed by atoms with van der Waals surface area (Å²) in [5.41, 5.74) is 1.29. The van der Waals surface area contributed by atoms with Gasteiger partial charge in [0.25, 0.3) is 0 Å². The van der Waals surface area contributed by atoms with E-state index >= 15 is 0 Å². The van der Waals surface area contributed by atoms with Crippen molar-refractivity contribution in [3.05, 3.63) is 29.8 Å². The summed E-state index contributed by atoms with van der Waals surface area (Å²) < 4.78 is 5.86. The molecule has 0 saturated carbocycles. The number of ether oxygens (including phenoxy) is 1. The van der Waals surface area contributed by atoms with Crippen LogP contribution in [-0.4, -0.2) is 31.1 Å². The molecule has 0 aromatic heterocycles. The van der Waals surface area contributed by atoms with Gasteiger partial charge in [-0.3, -0.25) is 0 Å². The molecule has 0 N–H and O–H groups in total. The maximum Gasteiger partial charge on any atom is 0.119 e. The lowest BCUT2D eigenvalue weighted by Crippen LogP contribution is -2.34. The van der Waals surface area contributed by atoms with E-state index in [1.54, 1.807) is 0 Å². The van der Waals surface area contributed by atoms with Crippen LogP contribution < -0.4 is 4.74 Å². The number of rotatable bonds is 8. The molecule has 2 rings (SSSR count). The zero-order valence-electron chi connectivity index (χ0n) is 13.8.